The van der Waals surface area contributed by atoms with Gasteiger partial charge in [0.15, 0.2) is 0 Å². The monoisotopic (exact) mass is 224 g/mol. The van der Waals surface area contributed by atoms with E-state index in [0.29, 0.717) is 0 Å². The molecule has 0 saturated carbocycles. The molecule has 0 aromatic rings. The predicted molar refractivity (Wildman–Crippen MR) is 31.5 cm³/mol. The topological polar surface area (TPSA) is 9.23 Å². The molecule has 0 rings (SSSR count). The lowest BCUT2D eigenvalue weighted by Crippen LogP contribution is -2.40. The summed E-state index contributed by atoms with van der Waals surface area (Å²) in [5, 5.41) is 0. The molecular formula is C6H3F7O. The summed E-state index contributed by atoms with van der Waals surface area (Å²) < 4.78 is 85.5. The molecule has 0 N–H and O–H groups in total. The van der Waals surface area contributed by atoms with Crippen LogP contribution in [-0.2, 0) is 4.74 Å². The quantitative estimate of drug-likeness (QED) is 0.524. The first-order valence-electron chi connectivity index (χ1n) is 2.91. The van der Waals surface area contributed by atoms with E-state index in [1.54, 1.807) is 0 Å². The molecule has 0 aliphatic rings. The van der Waals surface area contributed by atoms with Gasteiger partial charge < -0.3 is 4.74 Å². The summed E-state index contributed by atoms with van der Waals surface area (Å²) in [4.78, 5) is 0. The Morgan fingerprint density at radius 3 is 1.79 bits per heavy atom. The summed E-state index contributed by atoms with van der Waals surface area (Å²) in [5.41, 5.74) is 0. The normalized spacial score (nSPS) is 12.2. The molecule has 0 amide bonds. The zero-order chi connectivity index (χ0) is 11.6. The zero-order valence-electron chi connectivity index (χ0n) is 6.34. The summed E-state index contributed by atoms with van der Waals surface area (Å²) in [6.45, 7) is 2.12. The Hall–Kier alpha value is -1.21. The SMILES string of the molecule is C=C(F)OC(F)(F)C(F)(F)C=C(F)F. The van der Waals surface area contributed by atoms with Gasteiger partial charge in [0.1, 0.15) is 0 Å². The van der Waals surface area contributed by atoms with Gasteiger partial charge in [0.2, 0.25) is 0 Å². The van der Waals surface area contributed by atoms with Crippen LogP contribution in [0.25, 0.3) is 0 Å². The van der Waals surface area contributed by atoms with E-state index in [0.717, 1.165) is 0 Å². The molecule has 0 aromatic carbocycles. The smallest absolute Gasteiger partial charge is 0.402 e. The van der Waals surface area contributed by atoms with Crippen molar-refractivity contribution in [1.82, 2.24) is 0 Å². The molecule has 0 aromatic heterocycles. The van der Waals surface area contributed by atoms with E-state index in [1.165, 1.54) is 0 Å². The van der Waals surface area contributed by atoms with Crippen LogP contribution in [0.5, 0.6) is 0 Å². The van der Waals surface area contributed by atoms with Crippen molar-refractivity contribution in [2.75, 3.05) is 0 Å². The van der Waals surface area contributed by atoms with Crippen LogP contribution >= 0.6 is 0 Å². The number of halogens is 7. The van der Waals surface area contributed by atoms with Gasteiger partial charge in [0.25, 0.3) is 12.1 Å². The number of alkyl halides is 4. The molecule has 0 unspecified atom stereocenters. The molecule has 0 aliphatic carbocycles. The van der Waals surface area contributed by atoms with Crippen LogP contribution in [0, 0.1) is 0 Å². The molecule has 0 heterocycles. The van der Waals surface area contributed by atoms with Crippen LogP contribution < -0.4 is 0 Å². The van der Waals surface area contributed by atoms with Crippen LogP contribution in [0.15, 0.2) is 24.7 Å². The van der Waals surface area contributed by atoms with Crippen molar-refractivity contribution < 1.29 is 35.5 Å². The van der Waals surface area contributed by atoms with E-state index in [4.69, 9.17) is 0 Å². The lowest BCUT2D eigenvalue weighted by atomic mass is 10.3. The van der Waals surface area contributed by atoms with Crippen molar-refractivity contribution >= 4 is 0 Å². The van der Waals surface area contributed by atoms with Crippen LogP contribution in [0.1, 0.15) is 0 Å². The summed E-state index contributed by atoms with van der Waals surface area (Å²) in [6, 6.07) is -2.21. The number of hydrogen-bond acceptors (Lipinski definition) is 1. The molecule has 0 spiro atoms. The summed E-state index contributed by atoms with van der Waals surface area (Å²) in [5.74, 6) is -5.32. The number of ether oxygens (including phenoxy) is 1. The maximum Gasteiger partial charge on any atom is 0.470 e. The Morgan fingerprint density at radius 2 is 1.50 bits per heavy atom. The van der Waals surface area contributed by atoms with Gasteiger partial charge in [-0.15, -0.1) is 0 Å². The predicted octanol–water partition coefficient (Wildman–Crippen LogP) is 3.45. The minimum atomic E-state index is -5.41. The Bertz CT molecular complexity index is 253. The van der Waals surface area contributed by atoms with Gasteiger partial charge in [0.05, 0.1) is 6.08 Å². The van der Waals surface area contributed by atoms with Crippen molar-refractivity contribution in [3.63, 3.8) is 0 Å². The third kappa shape index (κ3) is 3.27. The van der Waals surface area contributed by atoms with E-state index in [9.17, 15) is 30.7 Å². The molecule has 82 valence electrons. The number of hydrogen-bond donors (Lipinski definition) is 0. The van der Waals surface area contributed by atoms with Crippen molar-refractivity contribution in [2.45, 2.75) is 12.0 Å². The lowest BCUT2D eigenvalue weighted by molar-refractivity contribution is -0.321. The van der Waals surface area contributed by atoms with Crippen LogP contribution in [0.3, 0.4) is 0 Å². The van der Waals surface area contributed by atoms with Gasteiger partial charge >= 0.3 is 12.0 Å². The van der Waals surface area contributed by atoms with Gasteiger partial charge in [-0.25, -0.2) is 0 Å². The van der Waals surface area contributed by atoms with Crippen molar-refractivity contribution in [3.8, 4) is 0 Å². The molecule has 8 heteroatoms. The zero-order valence-corrected chi connectivity index (χ0v) is 6.34. The van der Waals surface area contributed by atoms with E-state index in [2.05, 4.69) is 11.3 Å². The third-order valence-electron chi connectivity index (χ3n) is 0.917. The Balaban J connectivity index is 4.87. The largest absolute Gasteiger partial charge is 0.470 e. The van der Waals surface area contributed by atoms with Crippen LogP contribution in [0.2, 0.25) is 0 Å². The first-order valence-corrected chi connectivity index (χ1v) is 2.91. The first kappa shape index (κ1) is 12.8. The second-order valence-corrected chi connectivity index (χ2v) is 2.03. The Kier molecular flexibility index (Phi) is 3.55. The number of rotatable bonds is 4. The first-order chi connectivity index (χ1) is 6.08. The highest BCUT2D eigenvalue weighted by Gasteiger charge is 2.59. The molecule has 14 heavy (non-hydrogen) atoms. The highest BCUT2D eigenvalue weighted by Crippen LogP contribution is 2.38. The second kappa shape index (κ2) is 3.89. The standard InChI is InChI=1S/C6H3F7O/c1-3(7)14-6(12,13)5(10,11)2-4(8)9/h2H,1H2. The average Bonchev–Trinajstić information content (AvgIpc) is 1.78. The molecular weight excluding hydrogens is 221 g/mol. The van der Waals surface area contributed by atoms with E-state index in [-0.39, 0.29) is 0 Å². The minimum Gasteiger partial charge on any atom is -0.402 e. The van der Waals surface area contributed by atoms with Crippen molar-refractivity contribution in [1.29, 1.82) is 0 Å². The summed E-state index contributed by atoms with van der Waals surface area (Å²) in [6.07, 6.45) is -9.79. The van der Waals surface area contributed by atoms with Crippen molar-refractivity contribution in [2.24, 2.45) is 0 Å². The fourth-order valence-corrected chi connectivity index (χ4v) is 0.428. The molecule has 0 bridgehead atoms. The molecule has 0 saturated heterocycles. The minimum absolute atomic E-state index is 1.34. The van der Waals surface area contributed by atoms with Gasteiger partial charge in [-0.2, -0.15) is 30.7 Å². The summed E-state index contributed by atoms with van der Waals surface area (Å²) >= 11 is 0. The molecule has 1 nitrogen and oxygen atoms in total. The van der Waals surface area contributed by atoms with Gasteiger partial charge in [-0.3, -0.25) is 0 Å². The Morgan fingerprint density at radius 1 is 1.07 bits per heavy atom. The molecule has 0 radical (unpaired) electrons. The third-order valence-corrected chi connectivity index (χ3v) is 0.917. The average molecular weight is 224 g/mol. The van der Waals surface area contributed by atoms with Gasteiger partial charge in [-0.05, 0) is 6.58 Å². The molecule has 0 fully saturated rings. The Labute approximate surface area is 73.5 Å². The van der Waals surface area contributed by atoms with E-state index < -0.39 is 30.2 Å². The van der Waals surface area contributed by atoms with E-state index >= 15 is 0 Å². The van der Waals surface area contributed by atoms with E-state index in [1.807, 2.05) is 0 Å². The maximum atomic E-state index is 12.2. The lowest BCUT2D eigenvalue weighted by Gasteiger charge is -2.22. The molecule has 0 atom stereocenters. The van der Waals surface area contributed by atoms with Crippen molar-refractivity contribution in [3.05, 3.63) is 24.7 Å². The highest BCUT2D eigenvalue weighted by molar-refractivity contribution is 5.00. The van der Waals surface area contributed by atoms with Crippen LogP contribution in [0.4, 0.5) is 30.7 Å². The van der Waals surface area contributed by atoms with Crippen LogP contribution in [-0.4, -0.2) is 12.0 Å². The van der Waals surface area contributed by atoms with Gasteiger partial charge in [-0.1, -0.05) is 0 Å². The highest BCUT2D eigenvalue weighted by atomic mass is 19.3. The summed E-state index contributed by atoms with van der Waals surface area (Å²) in [7, 11) is 0. The maximum absolute atomic E-state index is 12.2. The van der Waals surface area contributed by atoms with Gasteiger partial charge in [0, 0.05) is 0 Å². The fraction of sp³-hybridized carbons (Fsp3) is 0.333. The second-order valence-electron chi connectivity index (χ2n) is 2.03. The molecule has 0 aliphatic heterocycles. The fourth-order valence-electron chi connectivity index (χ4n) is 0.428.